The van der Waals surface area contributed by atoms with Gasteiger partial charge in [-0.15, -0.1) is 0 Å². The molecule has 1 atom stereocenters. The molecule has 3 aromatic carbocycles. The molecule has 0 saturated carbocycles. The van der Waals surface area contributed by atoms with Crippen LogP contribution in [0.4, 0.5) is 5.69 Å². The van der Waals surface area contributed by atoms with Crippen LogP contribution in [0.2, 0.25) is 0 Å². The minimum absolute atomic E-state index is 0.0885. The molecule has 0 radical (unpaired) electrons. The van der Waals surface area contributed by atoms with Crippen molar-refractivity contribution < 1.29 is 18.0 Å². The second-order valence-electron chi connectivity index (χ2n) is 8.16. The van der Waals surface area contributed by atoms with Gasteiger partial charge in [-0.25, -0.2) is 8.42 Å². The molecule has 190 valence electrons. The van der Waals surface area contributed by atoms with E-state index in [2.05, 4.69) is 27.9 Å². The van der Waals surface area contributed by atoms with Gasteiger partial charge >= 0.3 is 0 Å². The number of rotatable bonds is 11. The molecular weight excluding hydrogens is 589 g/mol. The first-order valence-corrected chi connectivity index (χ1v) is 14.2. The molecule has 0 spiro atoms. The highest BCUT2D eigenvalue weighted by Crippen LogP contribution is 2.25. The summed E-state index contributed by atoms with van der Waals surface area (Å²) in [6.45, 7) is 1.68. The SMILES string of the molecule is CCC(C(=O)NC)N(CCc1ccccc1)C(=O)CN(c1ccc(I)cc1)S(=O)(=O)c1ccccc1. The van der Waals surface area contributed by atoms with Crippen LogP contribution in [-0.2, 0) is 26.0 Å². The van der Waals surface area contributed by atoms with Gasteiger partial charge < -0.3 is 10.2 Å². The molecule has 9 heteroatoms. The molecule has 0 heterocycles. The lowest BCUT2D eigenvalue weighted by Crippen LogP contribution is -2.52. The van der Waals surface area contributed by atoms with E-state index in [0.717, 1.165) is 13.4 Å². The summed E-state index contributed by atoms with van der Waals surface area (Å²) in [7, 11) is -2.51. The summed E-state index contributed by atoms with van der Waals surface area (Å²) in [5.74, 6) is -0.731. The van der Waals surface area contributed by atoms with Gasteiger partial charge in [0.2, 0.25) is 11.8 Å². The van der Waals surface area contributed by atoms with Crippen molar-refractivity contribution in [2.45, 2.75) is 30.7 Å². The predicted octanol–water partition coefficient (Wildman–Crippen LogP) is 4.08. The average Bonchev–Trinajstić information content (AvgIpc) is 2.90. The maximum atomic E-state index is 13.8. The second kappa shape index (κ2) is 12.9. The number of amides is 2. The van der Waals surface area contributed by atoms with Crippen LogP contribution in [0.25, 0.3) is 0 Å². The maximum absolute atomic E-state index is 13.8. The zero-order chi connectivity index (χ0) is 26.1. The van der Waals surface area contributed by atoms with Gasteiger partial charge in [0.15, 0.2) is 0 Å². The molecule has 3 rings (SSSR count). The van der Waals surface area contributed by atoms with Crippen molar-refractivity contribution in [3.63, 3.8) is 0 Å². The van der Waals surface area contributed by atoms with Crippen LogP contribution in [0.15, 0.2) is 89.8 Å². The topological polar surface area (TPSA) is 86.8 Å². The van der Waals surface area contributed by atoms with Gasteiger partial charge in [-0.3, -0.25) is 13.9 Å². The van der Waals surface area contributed by atoms with E-state index in [1.165, 1.54) is 24.1 Å². The molecular formula is C27H30IN3O4S. The summed E-state index contributed by atoms with van der Waals surface area (Å²) in [6, 6.07) is 23.9. The molecule has 1 unspecified atom stereocenters. The Labute approximate surface area is 226 Å². The fraction of sp³-hybridized carbons (Fsp3) is 0.259. The van der Waals surface area contributed by atoms with Gasteiger partial charge in [-0.2, -0.15) is 0 Å². The number of sulfonamides is 1. The van der Waals surface area contributed by atoms with E-state index in [1.54, 1.807) is 42.5 Å². The van der Waals surface area contributed by atoms with Crippen molar-refractivity contribution in [2.24, 2.45) is 0 Å². The Hall–Kier alpha value is -2.92. The van der Waals surface area contributed by atoms with Gasteiger partial charge in [-0.1, -0.05) is 55.5 Å². The van der Waals surface area contributed by atoms with Gasteiger partial charge in [0.05, 0.1) is 10.6 Å². The molecule has 36 heavy (non-hydrogen) atoms. The van der Waals surface area contributed by atoms with Crippen molar-refractivity contribution in [2.75, 3.05) is 24.4 Å². The van der Waals surface area contributed by atoms with Gasteiger partial charge in [0.25, 0.3) is 10.0 Å². The highest BCUT2D eigenvalue weighted by atomic mass is 127. The Kier molecular flexibility index (Phi) is 9.89. The monoisotopic (exact) mass is 619 g/mol. The summed E-state index contributed by atoms with van der Waals surface area (Å²) in [5, 5.41) is 2.63. The lowest BCUT2D eigenvalue weighted by molar-refractivity contribution is -0.139. The standard InChI is InChI=1S/C27H30IN3O4S/c1-3-25(27(33)29-2)30(19-18-21-10-6-4-7-11-21)26(32)20-31(23-16-14-22(28)15-17-23)36(34,35)24-12-8-5-9-13-24/h4-17,25H,3,18-20H2,1-2H3,(H,29,33). The molecule has 0 fully saturated rings. The largest absolute Gasteiger partial charge is 0.357 e. The summed E-state index contributed by atoms with van der Waals surface area (Å²) in [4.78, 5) is 28.0. The van der Waals surface area contributed by atoms with Gasteiger partial charge in [0.1, 0.15) is 12.6 Å². The molecule has 3 aromatic rings. The van der Waals surface area contributed by atoms with E-state index in [-0.39, 0.29) is 17.3 Å². The highest BCUT2D eigenvalue weighted by Gasteiger charge is 2.33. The highest BCUT2D eigenvalue weighted by molar-refractivity contribution is 14.1. The Morgan fingerprint density at radius 1 is 0.917 bits per heavy atom. The molecule has 0 aromatic heterocycles. The normalized spacial score (nSPS) is 12.0. The van der Waals surface area contributed by atoms with Crippen LogP contribution in [0, 0.1) is 3.57 Å². The maximum Gasteiger partial charge on any atom is 0.264 e. The third kappa shape index (κ3) is 6.85. The number of hydrogen-bond acceptors (Lipinski definition) is 4. The van der Waals surface area contributed by atoms with Crippen LogP contribution in [-0.4, -0.2) is 51.3 Å². The van der Waals surface area contributed by atoms with Crippen LogP contribution in [0.3, 0.4) is 0 Å². The van der Waals surface area contributed by atoms with Crippen molar-refractivity contribution in [1.82, 2.24) is 10.2 Å². The number of carbonyl (C=O) groups is 2. The Morgan fingerprint density at radius 3 is 2.06 bits per heavy atom. The minimum atomic E-state index is -4.04. The molecule has 0 aliphatic rings. The molecule has 0 bridgehead atoms. The number of anilines is 1. The molecule has 2 amide bonds. The average molecular weight is 620 g/mol. The number of halogens is 1. The molecule has 1 N–H and O–H groups in total. The third-order valence-electron chi connectivity index (χ3n) is 5.84. The van der Waals surface area contributed by atoms with Crippen molar-refractivity contribution in [3.8, 4) is 0 Å². The number of nitrogens with one attached hydrogen (secondary N) is 1. The molecule has 0 aliphatic heterocycles. The quantitative estimate of drug-likeness (QED) is 0.328. The number of nitrogens with zero attached hydrogens (tertiary/aromatic N) is 2. The van der Waals surface area contributed by atoms with Crippen LogP contribution in [0.1, 0.15) is 18.9 Å². The number of hydrogen-bond donors (Lipinski definition) is 1. The zero-order valence-electron chi connectivity index (χ0n) is 20.3. The Morgan fingerprint density at radius 2 is 1.50 bits per heavy atom. The second-order valence-corrected chi connectivity index (χ2v) is 11.3. The first-order valence-electron chi connectivity index (χ1n) is 11.7. The molecule has 7 nitrogen and oxygen atoms in total. The summed E-state index contributed by atoms with van der Waals surface area (Å²) < 4.78 is 29.4. The molecule has 0 saturated heterocycles. The van der Waals surface area contributed by atoms with E-state index in [0.29, 0.717) is 18.5 Å². The lowest BCUT2D eigenvalue weighted by Gasteiger charge is -2.33. The number of carbonyl (C=O) groups excluding carboxylic acids is 2. The fourth-order valence-electron chi connectivity index (χ4n) is 3.92. The fourth-order valence-corrected chi connectivity index (χ4v) is 5.71. The summed E-state index contributed by atoms with van der Waals surface area (Å²) in [5.41, 5.74) is 1.40. The van der Waals surface area contributed by atoms with Gasteiger partial charge in [-0.05, 0) is 77.4 Å². The van der Waals surface area contributed by atoms with Crippen LogP contribution in [0.5, 0.6) is 0 Å². The number of benzene rings is 3. The van der Waals surface area contributed by atoms with Crippen LogP contribution >= 0.6 is 22.6 Å². The molecule has 0 aliphatic carbocycles. The predicted molar refractivity (Wildman–Crippen MR) is 150 cm³/mol. The van der Waals surface area contributed by atoms with E-state index >= 15 is 0 Å². The van der Waals surface area contributed by atoms with Gasteiger partial charge in [0, 0.05) is 17.2 Å². The first-order chi connectivity index (χ1) is 17.3. The van der Waals surface area contributed by atoms with E-state index < -0.39 is 28.5 Å². The van der Waals surface area contributed by atoms with E-state index in [1.807, 2.05) is 37.3 Å². The third-order valence-corrected chi connectivity index (χ3v) is 8.35. The smallest absolute Gasteiger partial charge is 0.264 e. The lowest BCUT2D eigenvalue weighted by atomic mass is 10.1. The summed E-state index contributed by atoms with van der Waals surface area (Å²) in [6.07, 6.45) is 0.935. The minimum Gasteiger partial charge on any atom is -0.357 e. The number of likely N-dealkylation sites (N-methyl/N-ethyl adjacent to an activating group) is 1. The van der Waals surface area contributed by atoms with E-state index in [4.69, 9.17) is 0 Å². The summed E-state index contributed by atoms with van der Waals surface area (Å²) >= 11 is 2.14. The first kappa shape index (κ1) is 27.7. The van der Waals surface area contributed by atoms with Crippen molar-refractivity contribution >= 4 is 50.1 Å². The van der Waals surface area contributed by atoms with Crippen LogP contribution < -0.4 is 9.62 Å². The van der Waals surface area contributed by atoms with Crippen molar-refractivity contribution in [3.05, 3.63) is 94.1 Å². The van der Waals surface area contributed by atoms with E-state index in [9.17, 15) is 18.0 Å². The van der Waals surface area contributed by atoms with Crippen molar-refractivity contribution in [1.29, 1.82) is 0 Å². The Bertz CT molecular complexity index is 1250. The zero-order valence-corrected chi connectivity index (χ0v) is 23.3. The Balaban J connectivity index is 1.98.